The third-order valence-corrected chi connectivity index (χ3v) is 7.88. The molecule has 12 unspecified atom stereocenters. The van der Waals surface area contributed by atoms with Crippen LogP contribution in [0.15, 0.2) is 12.2 Å². The number of ether oxygens (including phenoxy) is 4. The van der Waals surface area contributed by atoms with Crippen molar-refractivity contribution in [3.05, 3.63) is 12.2 Å². The maximum absolute atomic E-state index is 11.4. The highest BCUT2D eigenvalue weighted by molar-refractivity contribution is 5.21. The van der Waals surface area contributed by atoms with Crippen LogP contribution >= 0.6 is 0 Å². The van der Waals surface area contributed by atoms with Crippen molar-refractivity contribution in [1.82, 2.24) is 0 Å². The molecule has 0 radical (unpaired) electrons. The summed E-state index contributed by atoms with van der Waals surface area (Å²) in [5, 5.41) is 93.0. The van der Waals surface area contributed by atoms with E-state index in [2.05, 4.69) is 0 Å². The molecule has 3 fully saturated rings. The van der Waals surface area contributed by atoms with E-state index in [1.165, 1.54) is 19.1 Å². The summed E-state index contributed by atoms with van der Waals surface area (Å²) in [5.74, 6) is 0. The second-order valence-electron chi connectivity index (χ2n) is 11.4. The standard InChI is InChI=1S/C24H42O13/c1-12(5-6-24(33)21(2,3)7-13(27)8-22(24,4)31)35-19-17(16(29)15(28)14(9-25)36-19)37-20-18(30)23(32,10-26)11-34-20/h5-6,12-20,25-33H,7-11H2,1-4H3. The maximum Gasteiger partial charge on any atom is 0.187 e. The molecule has 216 valence electrons. The molecule has 1 aliphatic carbocycles. The van der Waals surface area contributed by atoms with Crippen LogP contribution in [0.3, 0.4) is 0 Å². The molecule has 3 rings (SSSR count). The van der Waals surface area contributed by atoms with E-state index in [1.807, 2.05) is 0 Å². The van der Waals surface area contributed by atoms with E-state index in [0.29, 0.717) is 0 Å². The fourth-order valence-electron chi connectivity index (χ4n) is 5.47. The number of rotatable bonds is 8. The Balaban J connectivity index is 1.79. The average Bonchev–Trinajstić information content (AvgIpc) is 3.09. The van der Waals surface area contributed by atoms with Crippen molar-refractivity contribution in [3.63, 3.8) is 0 Å². The molecular weight excluding hydrogens is 496 g/mol. The van der Waals surface area contributed by atoms with E-state index >= 15 is 0 Å². The van der Waals surface area contributed by atoms with E-state index in [0.717, 1.165) is 0 Å². The SMILES string of the molecule is CC(C=CC1(O)C(C)(C)CC(O)CC1(C)O)OC1OC(CO)C(O)C(O)C1OC1OCC(O)(CO)C1O. The monoisotopic (exact) mass is 538 g/mol. The molecule has 2 heterocycles. The van der Waals surface area contributed by atoms with Gasteiger partial charge in [0, 0.05) is 11.8 Å². The number of aliphatic hydroxyl groups excluding tert-OH is 6. The molecule has 0 aromatic carbocycles. The van der Waals surface area contributed by atoms with Gasteiger partial charge in [-0.2, -0.15) is 0 Å². The van der Waals surface area contributed by atoms with Gasteiger partial charge in [-0.1, -0.05) is 26.0 Å². The van der Waals surface area contributed by atoms with Crippen LogP contribution in [0.5, 0.6) is 0 Å². The Hall–Kier alpha value is -0.780. The summed E-state index contributed by atoms with van der Waals surface area (Å²) < 4.78 is 22.3. The van der Waals surface area contributed by atoms with Crippen molar-refractivity contribution in [2.24, 2.45) is 5.41 Å². The molecule has 0 aromatic heterocycles. The van der Waals surface area contributed by atoms with E-state index < -0.39 is 97.3 Å². The van der Waals surface area contributed by atoms with Crippen LogP contribution < -0.4 is 0 Å². The highest BCUT2D eigenvalue weighted by Crippen LogP contribution is 2.50. The average molecular weight is 539 g/mol. The highest BCUT2D eigenvalue weighted by atomic mass is 16.8. The summed E-state index contributed by atoms with van der Waals surface area (Å²) in [6, 6.07) is 0. The van der Waals surface area contributed by atoms with Crippen molar-refractivity contribution in [1.29, 1.82) is 0 Å². The topological polar surface area (TPSA) is 219 Å². The van der Waals surface area contributed by atoms with Crippen LogP contribution in [-0.4, -0.2) is 138 Å². The first-order valence-electron chi connectivity index (χ1n) is 12.4. The molecule has 0 bridgehead atoms. The predicted octanol–water partition coefficient (Wildman–Crippen LogP) is -3.12. The molecule has 0 amide bonds. The zero-order valence-electron chi connectivity index (χ0n) is 21.5. The first-order valence-corrected chi connectivity index (χ1v) is 12.4. The molecule has 9 N–H and O–H groups in total. The lowest BCUT2D eigenvalue weighted by molar-refractivity contribution is -0.339. The van der Waals surface area contributed by atoms with Gasteiger partial charge in [0.1, 0.15) is 41.7 Å². The summed E-state index contributed by atoms with van der Waals surface area (Å²) in [4.78, 5) is 0. The summed E-state index contributed by atoms with van der Waals surface area (Å²) in [5.41, 5.74) is -6.28. The number of hydrogen-bond donors (Lipinski definition) is 9. The summed E-state index contributed by atoms with van der Waals surface area (Å²) >= 11 is 0. The zero-order chi connectivity index (χ0) is 28.0. The van der Waals surface area contributed by atoms with E-state index in [-0.39, 0.29) is 12.8 Å². The van der Waals surface area contributed by atoms with E-state index in [9.17, 15) is 46.0 Å². The summed E-state index contributed by atoms with van der Waals surface area (Å²) in [6.45, 7) is 4.54. The summed E-state index contributed by atoms with van der Waals surface area (Å²) in [7, 11) is 0. The fraction of sp³-hybridized carbons (Fsp3) is 0.917. The van der Waals surface area contributed by atoms with Crippen LogP contribution in [-0.2, 0) is 18.9 Å². The van der Waals surface area contributed by atoms with Crippen LogP contribution in [0.25, 0.3) is 0 Å². The van der Waals surface area contributed by atoms with Gasteiger partial charge in [-0.25, -0.2) is 0 Å². The van der Waals surface area contributed by atoms with Crippen molar-refractivity contribution in [3.8, 4) is 0 Å². The maximum atomic E-state index is 11.4. The third-order valence-electron chi connectivity index (χ3n) is 7.88. The molecule has 2 saturated heterocycles. The Morgan fingerprint density at radius 2 is 1.62 bits per heavy atom. The Bertz CT molecular complexity index is 786. The largest absolute Gasteiger partial charge is 0.394 e. The lowest BCUT2D eigenvalue weighted by Gasteiger charge is -2.55. The van der Waals surface area contributed by atoms with Crippen LogP contribution in [0.2, 0.25) is 0 Å². The van der Waals surface area contributed by atoms with Gasteiger partial charge in [0.05, 0.1) is 37.6 Å². The minimum Gasteiger partial charge on any atom is -0.394 e. The normalized spacial score (nSPS) is 49.4. The van der Waals surface area contributed by atoms with E-state index in [1.54, 1.807) is 20.8 Å². The van der Waals surface area contributed by atoms with Crippen LogP contribution in [0, 0.1) is 5.41 Å². The Morgan fingerprint density at radius 1 is 0.973 bits per heavy atom. The minimum absolute atomic E-state index is 0.0413. The third kappa shape index (κ3) is 5.75. The molecule has 12 atom stereocenters. The van der Waals surface area contributed by atoms with Crippen LogP contribution in [0.4, 0.5) is 0 Å². The molecule has 13 heteroatoms. The van der Waals surface area contributed by atoms with Gasteiger partial charge in [0.15, 0.2) is 12.6 Å². The second-order valence-corrected chi connectivity index (χ2v) is 11.4. The van der Waals surface area contributed by atoms with Gasteiger partial charge in [0.25, 0.3) is 0 Å². The smallest absolute Gasteiger partial charge is 0.187 e. The van der Waals surface area contributed by atoms with Gasteiger partial charge in [-0.15, -0.1) is 0 Å². The quantitative estimate of drug-likeness (QED) is 0.140. The van der Waals surface area contributed by atoms with Crippen molar-refractivity contribution < 1.29 is 64.9 Å². The lowest BCUT2D eigenvalue weighted by atomic mass is 9.57. The number of hydrogen-bond acceptors (Lipinski definition) is 13. The van der Waals surface area contributed by atoms with Crippen molar-refractivity contribution in [2.75, 3.05) is 19.8 Å². The molecule has 0 spiro atoms. The Morgan fingerprint density at radius 3 is 2.16 bits per heavy atom. The fourth-order valence-corrected chi connectivity index (χ4v) is 5.47. The second kappa shape index (κ2) is 11.0. The summed E-state index contributed by atoms with van der Waals surface area (Å²) in [6.07, 6.45) is -9.09. The predicted molar refractivity (Wildman–Crippen MR) is 125 cm³/mol. The van der Waals surface area contributed by atoms with Crippen LogP contribution in [0.1, 0.15) is 40.5 Å². The highest BCUT2D eigenvalue weighted by Gasteiger charge is 2.59. The number of aliphatic hydroxyl groups is 9. The molecule has 3 aliphatic rings. The van der Waals surface area contributed by atoms with Gasteiger partial charge >= 0.3 is 0 Å². The van der Waals surface area contributed by atoms with Gasteiger partial charge < -0.3 is 64.9 Å². The molecule has 13 nitrogen and oxygen atoms in total. The first kappa shape index (κ1) is 30.8. The van der Waals surface area contributed by atoms with Crippen molar-refractivity contribution in [2.45, 2.75) is 113 Å². The zero-order valence-corrected chi connectivity index (χ0v) is 21.5. The molecular formula is C24H42O13. The lowest BCUT2D eigenvalue weighted by Crippen LogP contribution is -2.65. The first-order chi connectivity index (χ1) is 17.0. The van der Waals surface area contributed by atoms with Gasteiger partial charge in [0.2, 0.25) is 0 Å². The van der Waals surface area contributed by atoms with Gasteiger partial charge in [-0.3, -0.25) is 0 Å². The van der Waals surface area contributed by atoms with E-state index in [4.69, 9.17) is 18.9 Å². The molecule has 0 aromatic rings. The molecule has 37 heavy (non-hydrogen) atoms. The minimum atomic E-state index is -1.99. The molecule has 2 aliphatic heterocycles. The Labute approximate surface area is 215 Å². The van der Waals surface area contributed by atoms with Gasteiger partial charge in [-0.05, 0) is 20.3 Å². The Kier molecular flexibility index (Phi) is 9.15. The molecule has 1 saturated carbocycles. The van der Waals surface area contributed by atoms with Crippen molar-refractivity contribution >= 4 is 0 Å².